The van der Waals surface area contributed by atoms with Gasteiger partial charge in [-0.05, 0) is 47.2 Å². The third-order valence-corrected chi connectivity index (χ3v) is 6.35. The number of ketones is 1. The highest BCUT2D eigenvalue weighted by Crippen LogP contribution is 2.42. The van der Waals surface area contributed by atoms with E-state index in [0.29, 0.717) is 22.4 Å². The first kappa shape index (κ1) is 24.0. The number of amides is 1. The van der Waals surface area contributed by atoms with E-state index in [1.807, 2.05) is 50.2 Å². The van der Waals surface area contributed by atoms with Crippen LogP contribution in [-0.4, -0.2) is 27.9 Å². The molecule has 1 aliphatic heterocycles. The molecule has 0 bridgehead atoms. The first-order chi connectivity index (χ1) is 16.8. The fourth-order valence-electron chi connectivity index (χ4n) is 4.35. The van der Waals surface area contributed by atoms with E-state index >= 15 is 0 Å². The van der Waals surface area contributed by atoms with Crippen LogP contribution in [0, 0.1) is 0 Å². The van der Waals surface area contributed by atoms with E-state index in [1.54, 1.807) is 36.4 Å². The molecule has 1 atom stereocenters. The molecule has 0 radical (unpaired) electrons. The van der Waals surface area contributed by atoms with Crippen LogP contribution in [0.3, 0.4) is 0 Å². The predicted octanol–water partition coefficient (Wildman–Crippen LogP) is 5.06. The number of hydrogen-bond acceptors (Lipinski definition) is 4. The molecule has 1 saturated heterocycles. The van der Waals surface area contributed by atoms with Crippen molar-refractivity contribution in [3.63, 3.8) is 0 Å². The lowest BCUT2D eigenvalue weighted by molar-refractivity contribution is -0.136. The molecule has 6 nitrogen and oxygen atoms in total. The van der Waals surface area contributed by atoms with Gasteiger partial charge in [-0.25, -0.2) is 0 Å². The van der Waals surface area contributed by atoms with Crippen molar-refractivity contribution < 1.29 is 24.6 Å². The van der Waals surface area contributed by atoms with E-state index in [-0.39, 0.29) is 17.8 Å². The molecule has 2 N–H and O–H groups in total. The Morgan fingerprint density at radius 1 is 0.771 bits per heavy atom. The Morgan fingerprint density at radius 3 is 1.80 bits per heavy atom. The fraction of sp³-hybridized carbons (Fsp3) is 0.207. The van der Waals surface area contributed by atoms with E-state index in [9.17, 15) is 19.5 Å². The van der Waals surface area contributed by atoms with Crippen molar-refractivity contribution in [2.75, 3.05) is 4.90 Å². The van der Waals surface area contributed by atoms with Crippen LogP contribution in [0.5, 0.6) is 0 Å². The third kappa shape index (κ3) is 4.73. The Hall–Kier alpha value is -4.19. The van der Waals surface area contributed by atoms with Crippen LogP contribution in [-0.2, 0) is 33.6 Å². The molecule has 1 aliphatic rings. The molecule has 1 unspecified atom stereocenters. The summed E-state index contributed by atoms with van der Waals surface area (Å²) in [4.78, 5) is 38.9. The molecule has 6 heteroatoms. The number of aryl methyl sites for hydroxylation is 2. The molecule has 1 heterocycles. The normalized spacial score (nSPS) is 17.1. The van der Waals surface area contributed by atoms with Crippen LogP contribution in [0.2, 0.25) is 0 Å². The van der Waals surface area contributed by atoms with Crippen LogP contribution >= 0.6 is 0 Å². The standard InChI is InChI=1S/C29H27NO5/c1-3-18-5-11-21(12-6-18)26-25(27(33)22-13-7-19(4-2)8-14-22)28(34)29(35)30(26)23-15-9-20(10-16-23)17-24(31)32/h5-16,26,33H,3-4,17H2,1-2H3,(H,31,32)/b27-25+. The molecular weight excluding hydrogens is 442 g/mol. The second kappa shape index (κ2) is 9.97. The van der Waals surface area contributed by atoms with Gasteiger partial charge in [0.25, 0.3) is 11.7 Å². The van der Waals surface area contributed by atoms with E-state index in [0.717, 1.165) is 24.0 Å². The van der Waals surface area contributed by atoms with Crippen molar-refractivity contribution in [1.29, 1.82) is 0 Å². The van der Waals surface area contributed by atoms with E-state index in [4.69, 9.17) is 5.11 Å². The summed E-state index contributed by atoms with van der Waals surface area (Å²) in [6.45, 7) is 4.07. The Bertz CT molecular complexity index is 1290. The molecule has 1 amide bonds. The summed E-state index contributed by atoms with van der Waals surface area (Å²) in [7, 11) is 0. The van der Waals surface area contributed by atoms with Gasteiger partial charge in [0.15, 0.2) is 0 Å². The van der Waals surface area contributed by atoms with Gasteiger partial charge in [-0.3, -0.25) is 19.3 Å². The SMILES string of the molecule is CCc1ccc(/C(O)=C2\C(=O)C(=O)N(c3ccc(CC(=O)O)cc3)C2c2ccc(CC)cc2)cc1. The minimum atomic E-state index is -0.955. The van der Waals surface area contributed by atoms with Gasteiger partial charge in [-0.15, -0.1) is 0 Å². The second-order valence-corrected chi connectivity index (χ2v) is 8.55. The number of hydrogen-bond donors (Lipinski definition) is 2. The molecule has 3 aromatic carbocycles. The Labute approximate surface area is 204 Å². The number of carbonyl (C=O) groups excluding carboxylic acids is 2. The summed E-state index contributed by atoms with van der Waals surface area (Å²) in [5, 5.41) is 20.3. The summed E-state index contributed by atoms with van der Waals surface area (Å²) in [5.41, 5.74) is 4.42. The Balaban J connectivity index is 1.85. The van der Waals surface area contributed by atoms with Gasteiger partial charge in [0.05, 0.1) is 18.0 Å². The van der Waals surface area contributed by atoms with Crippen LogP contribution in [0.4, 0.5) is 5.69 Å². The molecule has 178 valence electrons. The van der Waals surface area contributed by atoms with Gasteiger partial charge in [-0.1, -0.05) is 74.5 Å². The molecule has 35 heavy (non-hydrogen) atoms. The van der Waals surface area contributed by atoms with Gasteiger partial charge in [-0.2, -0.15) is 0 Å². The lowest BCUT2D eigenvalue weighted by Gasteiger charge is -2.26. The van der Waals surface area contributed by atoms with Crippen molar-refractivity contribution in [1.82, 2.24) is 0 Å². The number of anilines is 1. The summed E-state index contributed by atoms with van der Waals surface area (Å²) >= 11 is 0. The number of nitrogens with zero attached hydrogens (tertiary/aromatic N) is 1. The highest BCUT2D eigenvalue weighted by Gasteiger charge is 2.46. The molecule has 0 aromatic heterocycles. The first-order valence-electron chi connectivity index (χ1n) is 11.6. The largest absolute Gasteiger partial charge is 0.507 e. The second-order valence-electron chi connectivity index (χ2n) is 8.55. The van der Waals surface area contributed by atoms with Gasteiger partial charge < -0.3 is 10.2 Å². The highest BCUT2D eigenvalue weighted by atomic mass is 16.4. The third-order valence-electron chi connectivity index (χ3n) is 6.35. The number of benzene rings is 3. The van der Waals surface area contributed by atoms with Crippen LogP contribution in [0.1, 0.15) is 47.7 Å². The fourth-order valence-corrected chi connectivity index (χ4v) is 4.35. The number of rotatable bonds is 7. The van der Waals surface area contributed by atoms with Crippen molar-refractivity contribution in [2.45, 2.75) is 39.2 Å². The van der Waals surface area contributed by atoms with E-state index in [2.05, 4.69) is 0 Å². The summed E-state index contributed by atoms with van der Waals surface area (Å²) in [5.74, 6) is -2.68. The summed E-state index contributed by atoms with van der Waals surface area (Å²) in [6, 6.07) is 20.6. The highest BCUT2D eigenvalue weighted by molar-refractivity contribution is 6.51. The molecule has 1 fully saturated rings. The maximum atomic E-state index is 13.3. The maximum absolute atomic E-state index is 13.3. The number of Topliss-reactive ketones (excluding diaryl/α,β-unsaturated/α-hetero) is 1. The van der Waals surface area contributed by atoms with Crippen LogP contribution in [0.25, 0.3) is 5.76 Å². The van der Waals surface area contributed by atoms with Crippen LogP contribution < -0.4 is 4.90 Å². The average molecular weight is 470 g/mol. The van der Waals surface area contributed by atoms with Crippen molar-refractivity contribution >= 4 is 29.1 Å². The van der Waals surface area contributed by atoms with Crippen molar-refractivity contribution in [3.8, 4) is 0 Å². The number of carboxylic acid groups (broad SMARTS) is 1. The number of aliphatic carboxylic acids is 1. The number of carboxylic acids is 1. The maximum Gasteiger partial charge on any atom is 0.307 e. The minimum Gasteiger partial charge on any atom is -0.507 e. The summed E-state index contributed by atoms with van der Waals surface area (Å²) in [6.07, 6.45) is 1.54. The van der Waals surface area contributed by atoms with Gasteiger partial charge in [0.1, 0.15) is 5.76 Å². The smallest absolute Gasteiger partial charge is 0.307 e. The molecule has 0 spiro atoms. The number of aliphatic hydroxyl groups is 1. The zero-order valence-corrected chi connectivity index (χ0v) is 19.7. The zero-order valence-electron chi connectivity index (χ0n) is 19.7. The molecule has 4 rings (SSSR count). The molecule has 0 saturated carbocycles. The predicted molar refractivity (Wildman–Crippen MR) is 134 cm³/mol. The van der Waals surface area contributed by atoms with Gasteiger partial charge in [0.2, 0.25) is 0 Å². The first-order valence-corrected chi connectivity index (χ1v) is 11.6. The van der Waals surface area contributed by atoms with Crippen molar-refractivity contribution in [3.05, 3.63) is 106 Å². The summed E-state index contributed by atoms with van der Waals surface area (Å²) < 4.78 is 0. The monoisotopic (exact) mass is 469 g/mol. The Kier molecular flexibility index (Phi) is 6.82. The van der Waals surface area contributed by atoms with Crippen LogP contribution in [0.15, 0.2) is 78.4 Å². The number of aliphatic hydroxyl groups excluding tert-OH is 1. The Morgan fingerprint density at radius 2 is 1.29 bits per heavy atom. The van der Waals surface area contributed by atoms with Gasteiger partial charge >= 0.3 is 5.97 Å². The van der Waals surface area contributed by atoms with E-state index < -0.39 is 23.7 Å². The average Bonchev–Trinajstić information content (AvgIpc) is 3.14. The molecule has 3 aromatic rings. The quantitative estimate of drug-likeness (QED) is 0.286. The molecular formula is C29H27NO5. The van der Waals surface area contributed by atoms with Crippen molar-refractivity contribution in [2.24, 2.45) is 0 Å². The number of carbonyl (C=O) groups is 3. The van der Waals surface area contributed by atoms with E-state index in [1.165, 1.54) is 4.90 Å². The topological polar surface area (TPSA) is 94.9 Å². The molecule has 0 aliphatic carbocycles. The lowest BCUT2D eigenvalue weighted by atomic mass is 9.94. The zero-order chi connectivity index (χ0) is 25.1. The van der Waals surface area contributed by atoms with Gasteiger partial charge in [0, 0.05) is 11.3 Å². The minimum absolute atomic E-state index is 0.0260. The lowest BCUT2D eigenvalue weighted by Crippen LogP contribution is -2.29.